The van der Waals surface area contributed by atoms with E-state index in [4.69, 9.17) is 14.2 Å². The Kier molecular flexibility index (Phi) is 10.2. The number of methoxy groups -OCH3 is 1. The zero-order valence-electron chi connectivity index (χ0n) is 24.7. The van der Waals surface area contributed by atoms with Gasteiger partial charge >= 0.3 is 5.97 Å². The van der Waals surface area contributed by atoms with E-state index in [-0.39, 0.29) is 19.4 Å². The molecule has 3 aromatic rings. The number of carboxylic acid groups (broad SMARTS) is 1. The highest BCUT2D eigenvalue weighted by atomic mass is 19.1. The highest BCUT2D eigenvalue weighted by Crippen LogP contribution is 2.42. The third kappa shape index (κ3) is 7.24. The van der Waals surface area contributed by atoms with Crippen molar-refractivity contribution >= 4 is 16.9 Å². The van der Waals surface area contributed by atoms with E-state index in [0.717, 1.165) is 18.7 Å². The number of carbonyl (C=O) groups is 1. The minimum Gasteiger partial charge on any atom is -0.497 e. The van der Waals surface area contributed by atoms with Crippen LogP contribution in [-0.4, -0.2) is 85.5 Å². The molecule has 44 heavy (non-hydrogen) atoms. The number of alkyl halides is 1. The second kappa shape index (κ2) is 14.1. The summed E-state index contributed by atoms with van der Waals surface area (Å²) in [6.07, 6.45) is 1.03. The van der Waals surface area contributed by atoms with E-state index in [0.29, 0.717) is 86.6 Å². The Balaban J connectivity index is 1.25. The Morgan fingerprint density at radius 2 is 1.77 bits per heavy atom. The number of aromatic nitrogens is 1. The third-order valence-electron chi connectivity index (χ3n) is 8.77. The van der Waals surface area contributed by atoms with Gasteiger partial charge in [-0.1, -0.05) is 0 Å². The number of morpholine rings is 1. The molecule has 2 aliphatic rings. The molecule has 0 amide bonds. The van der Waals surface area contributed by atoms with Crippen molar-refractivity contribution in [2.24, 2.45) is 5.41 Å². The average Bonchev–Trinajstić information content (AvgIpc) is 3.01. The highest BCUT2D eigenvalue weighted by molar-refractivity contribution is 5.85. The molecule has 5 rings (SSSR count). The molecule has 3 heterocycles. The molecular weight excluding hydrogens is 582 g/mol. The van der Waals surface area contributed by atoms with Gasteiger partial charge in [0.1, 0.15) is 24.3 Å². The summed E-state index contributed by atoms with van der Waals surface area (Å²) in [6.45, 7) is 4.21. The SMILES string of the molecule is COc1ccc2ncc(CN3CCOCC3)c(C(F)CCC3(C(=O)O)CCN(CCOc4c(F)cc(F)cc4F)CC3)c2c1. The molecule has 2 aliphatic heterocycles. The molecule has 2 aromatic carbocycles. The Morgan fingerprint density at radius 1 is 1.07 bits per heavy atom. The second-order valence-corrected chi connectivity index (χ2v) is 11.4. The summed E-state index contributed by atoms with van der Waals surface area (Å²) in [5.74, 6) is -4.31. The van der Waals surface area contributed by atoms with Gasteiger partial charge in [0.2, 0.25) is 0 Å². The van der Waals surface area contributed by atoms with E-state index in [2.05, 4.69) is 9.88 Å². The lowest BCUT2D eigenvalue weighted by Crippen LogP contribution is -2.45. The molecule has 238 valence electrons. The van der Waals surface area contributed by atoms with Gasteiger partial charge in [-0.15, -0.1) is 0 Å². The molecule has 1 N–H and O–H groups in total. The molecule has 8 nitrogen and oxygen atoms in total. The van der Waals surface area contributed by atoms with Gasteiger partial charge in [-0.25, -0.2) is 17.6 Å². The number of hydrogen-bond acceptors (Lipinski definition) is 7. The van der Waals surface area contributed by atoms with E-state index in [9.17, 15) is 23.1 Å². The summed E-state index contributed by atoms with van der Waals surface area (Å²) in [5, 5.41) is 10.9. The summed E-state index contributed by atoms with van der Waals surface area (Å²) < 4.78 is 73.4. The van der Waals surface area contributed by atoms with Gasteiger partial charge in [0.05, 0.1) is 31.3 Å². The number of ether oxygens (including phenoxy) is 3. The van der Waals surface area contributed by atoms with Crippen LogP contribution in [0.15, 0.2) is 36.5 Å². The predicted octanol–water partition coefficient (Wildman–Crippen LogP) is 5.53. The zero-order chi connectivity index (χ0) is 31.3. The fourth-order valence-corrected chi connectivity index (χ4v) is 6.12. The van der Waals surface area contributed by atoms with Crippen LogP contribution in [0.4, 0.5) is 17.6 Å². The minimum atomic E-state index is -1.42. The maximum Gasteiger partial charge on any atom is 0.309 e. The van der Waals surface area contributed by atoms with E-state index >= 15 is 4.39 Å². The van der Waals surface area contributed by atoms with Crippen LogP contribution in [0.5, 0.6) is 11.5 Å². The van der Waals surface area contributed by atoms with Crippen LogP contribution in [0.2, 0.25) is 0 Å². The van der Waals surface area contributed by atoms with Gasteiger partial charge in [0, 0.05) is 55.5 Å². The van der Waals surface area contributed by atoms with E-state index in [1.807, 2.05) is 4.90 Å². The largest absolute Gasteiger partial charge is 0.497 e. The molecule has 0 spiro atoms. The normalized spacial score (nSPS) is 18.3. The molecule has 0 saturated carbocycles. The molecule has 2 fully saturated rings. The standard InChI is InChI=1S/C32H37F4N3O5/c1-42-23-2-3-28-24(18-23)29(21(19-37-28)20-39-10-13-43-14-11-39)25(34)4-5-32(31(40)41)6-8-38(9-7-32)12-15-44-30-26(35)16-22(33)17-27(30)36/h2-3,16-19,25H,4-15,20H2,1H3,(H,40,41). The van der Waals surface area contributed by atoms with Crippen molar-refractivity contribution in [2.75, 3.05) is 59.7 Å². The lowest BCUT2D eigenvalue weighted by molar-refractivity contribution is -0.153. The average molecular weight is 620 g/mol. The van der Waals surface area contributed by atoms with Crippen molar-refractivity contribution in [3.8, 4) is 11.5 Å². The molecule has 2 saturated heterocycles. The summed E-state index contributed by atoms with van der Waals surface area (Å²) in [4.78, 5) is 21.2. The van der Waals surface area contributed by atoms with Crippen molar-refractivity contribution in [3.05, 3.63) is 65.1 Å². The number of pyridine rings is 1. The number of nitrogens with zero attached hydrogens (tertiary/aromatic N) is 3. The predicted molar refractivity (Wildman–Crippen MR) is 155 cm³/mol. The Bertz CT molecular complexity index is 1440. The lowest BCUT2D eigenvalue weighted by Gasteiger charge is -2.39. The van der Waals surface area contributed by atoms with E-state index in [1.165, 1.54) is 0 Å². The van der Waals surface area contributed by atoms with Gasteiger partial charge in [-0.3, -0.25) is 19.6 Å². The fraction of sp³-hybridized carbons (Fsp3) is 0.500. The van der Waals surface area contributed by atoms with Crippen molar-refractivity contribution in [1.82, 2.24) is 14.8 Å². The Hall–Kier alpha value is -3.48. The fourth-order valence-electron chi connectivity index (χ4n) is 6.12. The first-order chi connectivity index (χ1) is 21.2. The minimum absolute atomic E-state index is 0.0188. The van der Waals surface area contributed by atoms with Gasteiger partial charge in [-0.2, -0.15) is 0 Å². The first-order valence-electron chi connectivity index (χ1n) is 14.8. The van der Waals surface area contributed by atoms with Crippen LogP contribution in [0.3, 0.4) is 0 Å². The molecule has 1 aromatic heterocycles. The summed E-state index contributed by atoms with van der Waals surface area (Å²) >= 11 is 0. The molecule has 1 unspecified atom stereocenters. The van der Waals surface area contributed by atoms with Crippen molar-refractivity contribution in [1.29, 1.82) is 0 Å². The van der Waals surface area contributed by atoms with Gasteiger partial charge < -0.3 is 19.3 Å². The number of likely N-dealkylation sites (tertiary alicyclic amines) is 1. The summed E-state index contributed by atoms with van der Waals surface area (Å²) in [6, 6.07) is 6.45. The van der Waals surface area contributed by atoms with Crippen molar-refractivity contribution < 1.29 is 41.7 Å². The number of rotatable bonds is 12. The van der Waals surface area contributed by atoms with Crippen LogP contribution >= 0.6 is 0 Å². The number of fused-ring (bicyclic) bond motifs is 1. The quantitative estimate of drug-likeness (QED) is 0.265. The van der Waals surface area contributed by atoms with Crippen LogP contribution in [0, 0.1) is 22.9 Å². The Morgan fingerprint density at radius 3 is 2.43 bits per heavy atom. The van der Waals surface area contributed by atoms with Crippen molar-refractivity contribution in [3.63, 3.8) is 0 Å². The zero-order valence-corrected chi connectivity index (χ0v) is 24.7. The van der Waals surface area contributed by atoms with Crippen LogP contribution in [-0.2, 0) is 16.1 Å². The molecule has 0 aliphatic carbocycles. The first-order valence-corrected chi connectivity index (χ1v) is 14.8. The molecule has 12 heteroatoms. The van der Waals surface area contributed by atoms with E-state index in [1.54, 1.807) is 31.5 Å². The maximum absolute atomic E-state index is 16.4. The number of benzene rings is 2. The van der Waals surface area contributed by atoms with Crippen molar-refractivity contribution in [2.45, 2.75) is 38.4 Å². The monoisotopic (exact) mass is 619 g/mol. The summed E-state index contributed by atoms with van der Waals surface area (Å²) in [5.41, 5.74) is 0.795. The first kappa shape index (κ1) is 31.9. The third-order valence-corrected chi connectivity index (χ3v) is 8.77. The van der Waals surface area contributed by atoms with Crippen LogP contribution in [0.1, 0.15) is 43.0 Å². The number of aliphatic carboxylic acids is 1. The van der Waals surface area contributed by atoms with Gasteiger partial charge in [0.25, 0.3) is 0 Å². The number of halogens is 4. The molecule has 0 radical (unpaired) electrons. The number of hydrogen-bond donors (Lipinski definition) is 1. The topological polar surface area (TPSA) is 84.4 Å². The summed E-state index contributed by atoms with van der Waals surface area (Å²) in [7, 11) is 1.55. The Labute approximate surface area is 253 Å². The highest BCUT2D eigenvalue weighted by Gasteiger charge is 2.42. The van der Waals surface area contributed by atoms with Gasteiger partial charge in [0.15, 0.2) is 17.4 Å². The van der Waals surface area contributed by atoms with Crippen LogP contribution in [0.25, 0.3) is 10.9 Å². The van der Waals surface area contributed by atoms with E-state index < -0.39 is 40.8 Å². The lowest BCUT2D eigenvalue weighted by atomic mass is 9.74. The molecule has 0 bridgehead atoms. The van der Waals surface area contributed by atoms with Crippen LogP contribution < -0.4 is 9.47 Å². The van der Waals surface area contributed by atoms with Gasteiger partial charge in [-0.05, 0) is 62.5 Å². The second-order valence-electron chi connectivity index (χ2n) is 11.4. The molecule has 1 atom stereocenters. The molecular formula is C32H37F4N3O5. The smallest absolute Gasteiger partial charge is 0.309 e. The maximum atomic E-state index is 16.4. The number of carboxylic acids is 1. The number of piperidine rings is 1.